The molecule has 1 aromatic carbocycles. The monoisotopic (exact) mass is 396 g/mol. The molecule has 156 valence electrons. The highest BCUT2D eigenvalue weighted by Crippen LogP contribution is 2.15. The predicted molar refractivity (Wildman–Crippen MR) is 107 cm³/mol. The van der Waals surface area contributed by atoms with Crippen LogP contribution in [-0.2, 0) is 27.2 Å². The average molecular weight is 396 g/mol. The van der Waals surface area contributed by atoms with Crippen LogP contribution < -0.4 is 11.2 Å². The minimum atomic E-state index is -0.402. The van der Waals surface area contributed by atoms with E-state index in [4.69, 9.17) is 10.2 Å². The third-order valence-electron chi connectivity index (χ3n) is 4.43. The highest BCUT2D eigenvalue weighted by molar-refractivity contribution is 5.73. The summed E-state index contributed by atoms with van der Waals surface area (Å²) in [5, 5.41) is 16.8. The molecule has 0 atom stereocenters. The summed E-state index contributed by atoms with van der Waals surface area (Å²) in [6.45, 7) is 2.73. The van der Waals surface area contributed by atoms with Crippen molar-refractivity contribution in [1.82, 2.24) is 18.5 Å². The van der Waals surface area contributed by atoms with Gasteiger partial charge in [0, 0.05) is 35.3 Å². The first kappa shape index (κ1) is 21.6. The molecule has 2 heterocycles. The van der Waals surface area contributed by atoms with Crippen LogP contribution in [0.5, 0.6) is 0 Å². The molecule has 0 aliphatic carbocycles. The Labute approximate surface area is 163 Å². The van der Waals surface area contributed by atoms with E-state index in [-0.39, 0.29) is 26.0 Å². The number of aliphatic hydroxyl groups excluding tert-OH is 2. The molecule has 8 nitrogen and oxygen atoms in total. The van der Waals surface area contributed by atoms with Crippen LogP contribution in [0.3, 0.4) is 0 Å². The van der Waals surface area contributed by atoms with E-state index >= 15 is 0 Å². The van der Waals surface area contributed by atoms with Gasteiger partial charge in [-0.1, -0.05) is 19.1 Å². The van der Waals surface area contributed by atoms with Crippen molar-refractivity contribution in [2.75, 3.05) is 13.2 Å². The molecule has 0 amide bonds. The van der Waals surface area contributed by atoms with Gasteiger partial charge in [0.15, 0.2) is 11.2 Å². The molecule has 0 saturated heterocycles. The summed E-state index contributed by atoms with van der Waals surface area (Å²) in [4.78, 5) is 25.0. The molecule has 3 aromatic rings. The fourth-order valence-electron chi connectivity index (χ4n) is 2.93. The van der Waals surface area contributed by atoms with E-state index in [1.807, 2.05) is 6.92 Å². The fraction of sp³-hybridized carbons (Fsp3) is 0.474. The lowest BCUT2D eigenvalue weighted by atomic mass is 10.2. The number of halogens is 1. The van der Waals surface area contributed by atoms with Crippen LogP contribution in [0, 0.1) is 5.82 Å². The second-order valence-corrected chi connectivity index (χ2v) is 6.48. The Morgan fingerprint density at radius 2 is 1.68 bits per heavy atom. The normalized spacial score (nSPS) is 10.9. The maximum absolute atomic E-state index is 13.0. The summed E-state index contributed by atoms with van der Waals surface area (Å²) in [5.41, 5.74) is 1.06. The van der Waals surface area contributed by atoms with Crippen molar-refractivity contribution in [1.29, 1.82) is 0 Å². The fourth-order valence-corrected chi connectivity index (χ4v) is 2.93. The van der Waals surface area contributed by atoms with Crippen LogP contribution >= 0.6 is 0 Å². The minimum Gasteiger partial charge on any atom is -0.396 e. The number of nitrogens with zero attached hydrogens (tertiary/aromatic N) is 4. The Balaban J connectivity index is 0.000000771. The Morgan fingerprint density at radius 3 is 2.21 bits per heavy atom. The smallest absolute Gasteiger partial charge is 0.332 e. The average Bonchev–Trinajstić information content (AvgIpc) is 2.70. The quantitative estimate of drug-likeness (QED) is 0.651. The zero-order valence-electron chi connectivity index (χ0n) is 16.4. The van der Waals surface area contributed by atoms with Crippen LogP contribution in [-0.4, -0.2) is 41.9 Å². The lowest BCUT2D eigenvalue weighted by Crippen LogP contribution is -2.44. The Kier molecular flexibility index (Phi) is 7.36. The summed E-state index contributed by atoms with van der Waals surface area (Å²) >= 11 is 0. The molecular weight excluding hydrogens is 367 g/mol. The van der Waals surface area contributed by atoms with Crippen molar-refractivity contribution in [2.45, 2.75) is 32.9 Å². The van der Waals surface area contributed by atoms with Crippen molar-refractivity contribution in [3.05, 3.63) is 56.5 Å². The number of aromatic nitrogens is 4. The predicted octanol–water partition coefficient (Wildman–Crippen LogP) is 1.04. The van der Waals surface area contributed by atoms with E-state index in [2.05, 4.69) is 0 Å². The van der Waals surface area contributed by atoms with E-state index < -0.39 is 5.69 Å². The third kappa shape index (κ3) is 4.26. The van der Waals surface area contributed by atoms with E-state index in [0.717, 1.165) is 16.6 Å². The van der Waals surface area contributed by atoms with E-state index in [1.54, 1.807) is 35.6 Å². The molecule has 0 radical (unpaired) electrons. The molecule has 0 aliphatic rings. The van der Waals surface area contributed by atoms with Gasteiger partial charge in [-0.3, -0.25) is 23.3 Å². The second-order valence-electron chi connectivity index (χ2n) is 6.48. The van der Waals surface area contributed by atoms with Crippen molar-refractivity contribution in [3.8, 4) is 0 Å². The molecular formula is C19H29FN4O4. The Morgan fingerprint density at radius 1 is 1.07 bits per heavy atom. The zero-order valence-corrected chi connectivity index (χ0v) is 16.4. The van der Waals surface area contributed by atoms with Crippen molar-refractivity contribution in [3.63, 3.8) is 0 Å². The number of aliphatic hydroxyl groups is 2. The van der Waals surface area contributed by atoms with Gasteiger partial charge < -0.3 is 10.2 Å². The van der Waals surface area contributed by atoms with Gasteiger partial charge in [0.25, 0.3) is 5.56 Å². The molecule has 2 N–H and O–H groups in total. The number of hydrogen-bond donors (Lipinski definition) is 2. The van der Waals surface area contributed by atoms with Crippen molar-refractivity contribution in [2.24, 2.45) is 14.1 Å². The highest BCUT2D eigenvalue weighted by Gasteiger charge is 2.21. The van der Waals surface area contributed by atoms with Crippen LogP contribution in [0.15, 0.2) is 33.9 Å². The largest absolute Gasteiger partial charge is 0.396 e. The first-order valence-electron chi connectivity index (χ1n) is 9.18. The lowest BCUT2D eigenvalue weighted by Gasteiger charge is -2.25. The van der Waals surface area contributed by atoms with Gasteiger partial charge in [-0.15, -0.1) is 0 Å². The zero-order chi connectivity index (χ0) is 20.8. The molecule has 0 unspecified atom stereocenters. The SMILES string of the molecule is CCCO.Cn1c(=O)n(CCCO)c(=O)c2c1n(C)n2Cc1ccc(F)cc1.[HH]. The van der Waals surface area contributed by atoms with Crippen LogP contribution in [0.1, 0.15) is 26.8 Å². The summed E-state index contributed by atoms with van der Waals surface area (Å²) in [6, 6.07) is 6.06. The van der Waals surface area contributed by atoms with Crippen LogP contribution in [0.4, 0.5) is 4.39 Å². The van der Waals surface area contributed by atoms with Gasteiger partial charge in [-0.2, -0.15) is 0 Å². The van der Waals surface area contributed by atoms with Gasteiger partial charge in [-0.05, 0) is 30.5 Å². The van der Waals surface area contributed by atoms with Crippen LogP contribution in [0.2, 0.25) is 0 Å². The number of benzene rings is 1. The Bertz CT molecular complexity index is 1030. The van der Waals surface area contributed by atoms with E-state index in [0.29, 0.717) is 30.7 Å². The Hall–Kier alpha value is -2.65. The molecule has 0 fully saturated rings. The first-order valence-corrected chi connectivity index (χ1v) is 9.18. The third-order valence-corrected chi connectivity index (χ3v) is 4.43. The summed E-state index contributed by atoms with van der Waals surface area (Å²) in [6.07, 6.45) is 1.21. The summed E-state index contributed by atoms with van der Waals surface area (Å²) in [5.74, 6) is -0.315. The van der Waals surface area contributed by atoms with E-state index in [9.17, 15) is 14.0 Å². The number of fused-ring (bicyclic) bond motifs is 1. The summed E-state index contributed by atoms with van der Waals surface area (Å²) < 4.78 is 19.1. The molecule has 9 heteroatoms. The van der Waals surface area contributed by atoms with Gasteiger partial charge in [0.2, 0.25) is 0 Å². The minimum absolute atomic E-state index is 0. The van der Waals surface area contributed by atoms with Gasteiger partial charge >= 0.3 is 5.69 Å². The van der Waals surface area contributed by atoms with Gasteiger partial charge in [0.1, 0.15) is 5.82 Å². The maximum atomic E-state index is 13.0. The van der Waals surface area contributed by atoms with Crippen molar-refractivity contribution < 1.29 is 16.0 Å². The molecule has 0 bridgehead atoms. The molecule has 3 rings (SSSR count). The molecule has 0 aliphatic heterocycles. The summed E-state index contributed by atoms with van der Waals surface area (Å²) in [7, 11) is 3.38. The van der Waals surface area contributed by atoms with Crippen LogP contribution in [0.25, 0.3) is 11.2 Å². The molecule has 28 heavy (non-hydrogen) atoms. The van der Waals surface area contributed by atoms with Gasteiger partial charge in [0.05, 0.1) is 6.54 Å². The molecule has 2 aromatic heterocycles. The van der Waals surface area contributed by atoms with Crippen molar-refractivity contribution >= 4 is 11.2 Å². The number of rotatable bonds is 6. The van der Waals surface area contributed by atoms with E-state index in [1.165, 1.54) is 16.7 Å². The number of hydrogen-bond acceptors (Lipinski definition) is 4. The maximum Gasteiger partial charge on any atom is 0.332 e. The molecule has 0 saturated carbocycles. The van der Waals surface area contributed by atoms with Gasteiger partial charge in [-0.25, -0.2) is 9.18 Å². The lowest BCUT2D eigenvalue weighted by molar-refractivity contribution is 0.277. The standard InChI is InChI=1S/C16H19FN4O3.C3H8O.H2/c1-18-14-13(15(23)20(16(18)24)8-3-9-22)21(19(14)2)10-11-4-6-12(17)7-5-11;1-2-3-4;/h4-7,22H,3,8-10H2,1-2H3;4H,2-3H2,1H3;1H. The first-order chi connectivity index (χ1) is 13.4. The number of aryl methyl sites for hydroxylation is 2. The topological polar surface area (TPSA) is 94.3 Å². The highest BCUT2D eigenvalue weighted by atomic mass is 19.1. The second kappa shape index (κ2) is 9.52. The molecule has 0 spiro atoms.